The molecule has 1 amide bonds. The van der Waals surface area contributed by atoms with E-state index >= 15 is 0 Å². The number of anilines is 1. The summed E-state index contributed by atoms with van der Waals surface area (Å²) < 4.78 is 12.2. The number of oxazole rings is 1. The molecule has 0 saturated carbocycles. The van der Waals surface area contributed by atoms with Crippen molar-refractivity contribution in [3.8, 4) is 5.75 Å². The predicted octanol–water partition coefficient (Wildman–Crippen LogP) is 6.51. The molecule has 8 heteroatoms. The fourth-order valence-electron chi connectivity index (χ4n) is 2.84. The smallest absolute Gasteiger partial charge is 0.262 e. The van der Waals surface area contributed by atoms with Gasteiger partial charge in [-0.25, -0.2) is 4.98 Å². The van der Waals surface area contributed by atoms with Crippen LogP contribution in [0.1, 0.15) is 11.5 Å². The summed E-state index contributed by atoms with van der Waals surface area (Å²) >= 11 is 15.5. The van der Waals surface area contributed by atoms with E-state index in [9.17, 15) is 4.79 Å². The first-order valence-electron chi connectivity index (χ1n) is 8.98. The van der Waals surface area contributed by atoms with Crippen LogP contribution in [-0.4, -0.2) is 17.5 Å². The second kappa shape index (κ2) is 9.08. The van der Waals surface area contributed by atoms with E-state index in [1.807, 2.05) is 36.4 Å². The Kier molecular flexibility index (Phi) is 6.27. The van der Waals surface area contributed by atoms with Crippen molar-refractivity contribution in [1.82, 2.24) is 4.98 Å². The summed E-state index contributed by atoms with van der Waals surface area (Å²) in [5.74, 6) is 0.924. The standard InChI is InChI=1S/C22H15BrCl2N2O3/c23-14-3-7-17(8-4-14)29-12-20(28)26-16-5-1-13(2-6-16)9-21-27-19-11-15(24)10-18(25)22(19)30-21/h1-8,10-11H,9,12H2,(H,26,28). The summed E-state index contributed by atoms with van der Waals surface area (Å²) in [5.41, 5.74) is 2.80. The van der Waals surface area contributed by atoms with Gasteiger partial charge >= 0.3 is 0 Å². The molecular formula is C22H15BrCl2N2O3. The molecule has 0 bridgehead atoms. The summed E-state index contributed by atoms with van der Waals surface area (Å²) in [4.78, 5) is 16.5. The Morgan fingerprint density at radius 1 is 1.07 bits per heavy atom. The third-order valence-electron chi connectivity index (χ3n) is 4.23. The summed E-state index contributed by atoms with van der Waals surface area (Å²) in [7, 11) is 0. The monoisotopic (exact) mass is 504 g/mol. The topological polar surface area (TPSA) is 64.4 Å². The summed E-state index contributed by atoms with van der Waals surface area (Å²) in [6.45, 7) is -0.0738. The van der Waals surface area contributed by atoms with Gasteiger partial charge in [-0.15, -0.1) is 0 Å². The zero-order valence-corrected chi connectivity index (χ0v) is 18.6. The Labute approximate surface area is 191 Å². The molecule has 4 rings (SSSR count). The average molecular weight is 506 g/mol. The molecule has 5 nitrogen and oxygen atoms in total. The molecule has 0 radical (unpaired) electrons. The second-order valence-corrected chi connectivity index (χ2v) is 8.27. The first kappa shape index (κ1) is 20.7. The molecule has 0 atom stereocenters. The molecule has 1 heterocycles. The maximum atomic E-state index is 12.1. The normalized spacial score (nSPS) is 10.9. The van der Waals surface area contributed by atoms with Crippen molar-refractivity contribution in [2.45, 2.75) is 6.42 Å². The number of carbonyl (C=O) groups is 1. The predicted molar refractivity (Wildman–Crippen MR) is 122 cm³/mol. The number of rotatable bonds is 6. The Bertz CT molecular complexity index is 1190. The van der Waals surface area contributed by atoms with Crippen LogP contribution in [0, 0.1) is 0 Å². The lowest BCUT2D eigenvalue weighted by Gasteiger charge is -2.08. The van der Waals surface area contributed by atoms with Crippen LogP contribution in [0.4, 0.5) is 5.69 Å². The Hall–Kier alpha value is -2.54. The maximum Gasteiger partial charge on any atom is 0.262 e. The van der Waals surface area contributed by atoms with Gasteiger partial charge in [-0.2, -0.15) is 0 Å². The van der Waals surface area contributed by atoms with Crippen LogP contribution < -0.4 is 10.1 Å². The molecule has 4 aromatic rings. The number of halogens is 3. The molecule has 0 spiro atoms. The molecule has 152 valence electrons. The quantitative estimate of drug-likeness (QED) is 0.324. The van der Waals surface area contributed by atoms with Crippen LogP contribution in [0.5, 0.6) is 5.75 Å². The zero-order chi connectivity index (χ0) is 21.1. The highest BCUT2D eigenvalue weighted by atomic mass is 79.9. The highest BCUT2D eigenvalue weighted by molar-refractivity contribution is 9.10. The van der Waals surface area contributed by atoms with Crippen molar-refractivity contribution in [2.75, 3.05) is 11.9 Å². The van der Waals surface area contributed by atoms with E-state index in [1.165, 1.54) is 0 Å². The number of fused-ring (bicyclic) bond motifs is 1. The van der Waals surface area contributed by atoms with E-state index in [-0.39, 0.29) is 12.5 Å². The van der Waals surface area contributed by atoms with Crippen molar-refractivity contribution in [3.05, 3.63) is 86.6 Å². The number of ether oxygens (including phenoxy) is 1. The summed E-state index contributed by atoms with van der Waals surface area (Å²) in [6.07, 6.45) is 0.490. The molecule has 1 aromatic heterocycles. The molecule has 0 unspecified atom stereocenters. The molecule has 30 heavy (non-hydrogen) atoms. The second-order valence-electron chi connectivity index (χ2n) is 6.51. The van der Waals surface area contributed by atoms with Crippen LogP contribution in [0.25, 0.3) is 11.1 Å². The first-order valence-corrected chi connectivity index (χ1v) is 10.5. The van der Waals surface area contributed by atoms with Gasteiger partial charge in [0.25, 0.3) is 5.91 Å². The van der Waals surface area contributed by atoms with Crippen molar-refractivity contribution in [1.29, 1.82) is 0 Å². The number of hydrogen-bond acceptors (Lipinski definition) is 4. The van der Waals surface area contributed by atoms with Crippen molar-refractivity contribution in [3.63, 3.8) is 0 Å². The van der Waals surface area contributed by atoms with E-state index in [0.29, 0.717) is 44.9 Å². The highest BCUT2D eigenvalue weighted by Crippen LogP contribution is 2.29. The average Bonchev–Trinajstić information content (AvgIpc) is 3.12. The largest absolute Gasteiger partial charge is 0.484 e. The minimum atomic E-state index is -0.240. The number of amides is 1. The summed E-state index contributed by atoms with van der Waals surface area (Å²) in [6, 6.07) is 18.1. The van der Waals surface area contributed by atoms with Gasteiger partial charge in [0.05, 0.1) is 5.02 Å². The van der Waals surface area contributed by atoms with Gasteiger partial charge in [0, 0.05) is 21.6 Å². The third kappa shape index (κ3) is 5.14. The van der Waals surface area contributed by atoms with Crippen LogP contribution in [0.2, 0.25) is 10.0 Å². The van der Waals surface area contributed by atoms with E-state index < -0.39 is 0 Å². The Morgan fingerprint density at radius 2 is 1.80 bits per heavy atom. The van der Waals surface area contributed by atoms with Gasteiger partial charge in [0.15, 0.2) is 18.1 Å². The lowest BCUT2D eigenvalue weighted by atomic mass is 10.1. The number of aromatic nitrogens is 1. The number of nitrogens with one attached hydrogen (secondary N) is 1. The molecule has 1 N–H and O–H groups in total. The Morgan fingerprint density at radius 3 is 2.53 bits per heavy atom. The van der Waals surface area contributed by atoms with Gasteiger partial charge in [0.2, 0.25) is 0 Å². The number of benzene rings is 3. The Balaban J connectivity index is 1.35. The van der Waals surface area contributed by atoms with Gasteiger partial charge < -0.3 is 14.5 Å². The van der Waals surface area contributed by atoms with Gasteiger partial charge in [-0.1, -0.05) is 51.3 Å². The molecule has 0 aliphatic rings. The zero-order valence-electron chi connectivity index (χ0n) is 15.5. The molecular weight excluding hydrogens is 491 g/mol. The van der Waals surface area contributed by atoms with Crippen LogP contribution in [0.3, 0.4) is 0 Å². The number of nitrogens with zero attached hydrogens (tertiary/aromatic N) is 1. The molecule has 0 aliphatic heterocycles. The minimum Gasteiger partial charge on any atom is -0.484 e. The fourth-order valence-corrected chi connectivity index (χ4v) is 3.62. The van der Waals surface area contributed by atoms with E-state index in [0.717, 1.165) is 10.0 Å². The number of hydrogen-bond donors (Lipinski definition) is 1. The minimum absolute atomic E-state index is 0.0738. The van der Waals surface area contributed by atoms with Crippen molar-refractivity contribution >= 4 is 61.8 Å². The highest BCUT2D eigenvalue weighted by Gasteiger charge is 2.11. The summed E-state index contributed by atoms with van der Waals surface area (Å²) in [5, 5.41) is 3.75. The lowest BCUT2D eigenvalue weighted by Crippen LogP contribution is -2.20. The SMILES string of the molecule is O=C(COc1ccc(Br)cc1)Nc1ccc(Cc2nc3cc(Cl)cc(Cl)c3o2)cc1. The van der Waals surface area contributed by atoms with Crippen molar-refractivity contribution in [2.24, 2.45) is 0 Å². The van der Waals surface area contributed by atoms with Gasteiger partial charge in [-0.3, -0.25) is 4.79 Å². The molecule has 0 aliphatic carbocycles. The fraction of sp³-hybridized carbons (Fsp3) is 0.0909. The van der Waals surface area contributed by atoms with E-state index in [4.69, 9.17) is 32.4 Å². The van der Waals surface area contributed by atoms with Crippen LogP contribution >= 0.6 is 39.1 Å². The maximum absolute atomic E-state index is 12.1. The van der Waals surface area contributed by atoms with Crippen LogP contribution in [-0.2, 0) is 11.2 Å². The van der Waals surface area contributed by atoms with Crippen LogP contribution in [0.15, 0.2) is 69.6 Å². The molecule has 0 fully saturated rings. The van der Waals surface area contributed by atoms with Gasteiger partial charge in [0.1, 0.15) is 11.3 Å². The third-order valence-corrected chi connectivity index (χ3v) is 5.26. The van der Waals surface area contributed by atoms with Crippen molar-refractivity contribution < 1.29 is 13.9 Å². The van der Waals surface area contributed by atoms with E-state index in [2.05, 4.69) is 26.2 Å². The van der Waals surface area contributed by atoms with E-state index in [1.54, 1.807) is 24.3 Å². The first-order chi connectivity index (χ1) is 14.5. The molecule has 0 saturated heterocycles. The number of carbonyl (C=O) groups excluding carboxylic acids is 1. The lowest BCUT2D eigenvalue weighted by molar-refractivity contribution is -0.118. The molecule has 3 aromatic carbocycles. The van der Waals surface area contributed by atoms with Gasteiger partial charge in [-0.05, 0) is 54.1 Å².